The van der Waals surface area contributed by atoms with Crippen LogP contribution in [0, 0.1) is 6.92 Å². The first-order valence-electron chi connectivity index (χ1n) is 13.3. The van der Waals surface area contributed by atoms with Crippen LogP contribution in [-0.2, 0) is 24.3 Å². The molecule has 2 aliphatic heterocycles. The Bertz CT molecular complexity index is 1440. The second kappa shape index (κ2) is 10.8. The van der Waals surface area contributed by atoms with E-state index >= 15 is 0 Å². The Morgan fingerprint density at radius 1 is 1.21 bits per heavy atom. The monoisotopic (exact) mass is 534 g/mol. The minimum Gasteiger partial charge on any atom is -0.492 e. The Morgan fingerprint density at radius 3 is 2.67 bits per heavy atom. The van der Waals surface area contributed by atoms with Gasteiger partial charge in [0.15, 0.2) is 5.65 Å². The highest BCUT2D eigenvalue weighted by Crippen LogP contribution is 2.36. The summed E-state index contributed by atoms with van der Waals surface area (Å²) in [6.45, 7) is 7.94. The molecule has 2 aromatic heterocycles. The van der Waals surface area contributed by atoms with Gasteiger partial charge in [0, 0.05) is 68.1 Å². The van der Waals surface area contributed by atoms with Crippen molar-refractivity contribution in [2.75, 3.05) is 30.3 Å². The van der Waals surface area contributed by atoms with E-state index in [9.17, 15) is 14.4 Å². The number of hydrogen-bond acceptors (Lipinski definition) is 7. The van der Waals surface area contributed by atoms with Gasteiger partial charge in [0.2, 0.25) is 5.91 Å². The number of amides is 4. The summed E-state index contributed by atoms with van der Waals surface area (Å²) < 4.78 is 7.64. The van der Waals surface area contributed by atoms with Gasteiger partial charge in [0.05, 0.1) is 29.4 Å². The van der Waals surface area contributed by atoms with Crippen molar-refractivity contribution in [2.45, 2.75) is 59.2 Å². The minimum atomic E-state index is -0.399. The number of anilines is 2. The van der Waals surface area contributed by atoms with Crippen molar-refractivity contribution in [1.82, 2.24) is 25.0 Å². The highest BCUT2D eigenvalue weighted by molar-refractivity contribution is 6.00. The van der Waals surface area contributed by atoms with Crippen molar-refractivity contribution < 1.29 is 19.1 Å². The van der Waals surface area contributed by atoms with Crippen LogP contribution in [0.5, 0.6) is 5.75 Å². The Balaban J connectivity index is 1.41. The van der Waals surface area contributed by atoms with Crippen molar-refractivity contribution in [3.05, 3.63) is 40.7 Å². The number of rotatable bonds is 7. The lowest BCUT2D eigenvalue weighted by Gasteiger charge is -2.32. The quantitative estimate of drug-likeness (QED) is 0.363. The average molecular weight is 535 g/mol. The number of aromatic nitrogens is 3. The van der Waals surface area contributed by atoms with Gasteiger partial charge in [-0.05, 0) is 38.8 Å². The van der Waals surface area contributed by atoms with Gasteiger partial charge in [-0.3, -0.25) is 9.59 Å². The summed E-state index contributed by atoms with van der Waals surface area (Å²) in [5.41, 5.74) is 10.7. The number of primary amides is 1. The molecule has 0 radical (unpaired) electrons. The Labute approximate surface area is 226 Å². The van der Waals surface area contributed by atoms with Crippen LogP contribution in [-0.4, -0.2) is 63.2 Å². The number of piperidine rings is 1. The third kappa shape index (κ3) is 5.18. The first-order valence-corrected chi connectivity index (χ1v) is 13.3. The van der Waals surface area contributed by atoms with Crippen molar-refractivity contribution in [2.24, 2.45) is 5.73 Å². The summed E-state index contributed by atoms with van der Waals surface area (Å²) >= 11 is 0. The highest BCUT2D eigenvalue weighted by Gasteiger charge is 2.27. The fourth-order valence-electron chi connectivity index (χ4n) is 5.35. The normalized spacial score (nSPS) is 15.1. The smallest absolute Gasteiger partial charge is 0.314 e. The van der Waals surface area contributed by atoms with E-state index in [0.29, 0.717) is 49.7 Å². The number of fused-ring (bicyclic) bond motifs is 2. The molecule has 5 N–H and O–H groups in total. The van der Waals surface area contributed by atoms with Gasteiger partial charge in [0.25, 0.3) is 5.91 Å². The number of hydrogen-bond donors (Lipinski definition) is 4. The fourth-order valence-corrected chi connectivity index (χ4v) is 5.35. The van der Waals surface area contributed by atoms with E-state index in [4.69, 9.17) is 15.5 Å². The van der Waals surface area contributed by atoms with Gasteiger partial charge in [-0.1, -0.05) is 0 Å². The molecule has 0 aliphatic carbocycles. The van der Waals surface area contributed by atoms with Gasteiger partial charge in [0.1, 0.15) is 5.75 Å². The molecule has 1 aromatic carbocycles. The predicted molar refractivity (Wildman–Crippen MR) is 147 cm³/mol. The number of benzene rings is 1. The van der Waals surface area contributed by atoms with E-state index in [-0.39, 0.29) is 24.4 Å². The molecular weight excluding hydrogens is 500 g/mol. The summed E-state index contributed by atoms with van der Waals surface area (Å²) in [6, 6.07) is 3.15. The van der Waals surface area contributed by atoms with E-state index in [1.807, 2.05) is 18.5 Å². The number of likely N-dealkylation sites (tertiary alicyclic amines) is 1. The largest absolute Gasteiger partial charge is 0.492 e. The zero-order valence-electron chi connectivity index (χ0n) is 22.5. The second-order valence-electron chi connectivity index (χ2n) is 9.92. The van der Waals surface area contributed by atoms with Crippen LogP contribution in [0.1, 0.15) is 53.9 Å². The van der Waals surface area contributed by atoms with E-state index in [1.54, 1.807) is 23.2 Å². The van der Waals surface area contributed by atoms with Crippen LogP contribution in [0.15, 0.2) is 18.3 Å². The summed E-state index contributed by atoms with van der Waals surface area (Å²) in [5.74, 6) is 0.0613. The summed E-state index contributed by atoms with van der Waals surface area (Å²) in [6.07, 6.45) is 3.93. The molecule has 1 saturated heterocycles. The van der Waals surface area contributed by atoms with Crippen LogP contribution in [0.4, 0.5) is 16.2 Å². The third-order valence-electron chi connectivity index (χ3n) is 7.39. The van der Waals surface area contributed by atoms with Gasteiger partial charge >= 0.3 is 6.03 Å². The molecule has 0 atom stereocenters. The van der Waals surface area contributed by atoms with Gasteiger partial charge < -0.3 is 31.3 Å². The maximum Gasteiger partial charge on any atom is 0.314 e. The first-order chi connectivity index (χ1) is 18.8. The maximum absolute atomic E-state index is 13.4. The van der Waals surface area contributed by atoms with Crippen molar-refractivity contribution in [3.8, 4) is 5.75 Å². The zero-order chi connectivity index (χ0) is 27.7. The van der Waals surface area contributed by atoms with E-state index in [1.165, 1.54) is 6.92 Å². The third-order valence-corrected chi connectivity index (χ3v) is 7.39. The Hall–Kier alpha value is -4.35. The van der Waals surface area contributed by atoms with E-state index in [2.05, 4.69) is 21.0 Å². The molecule has 2 aliphatic rings. The number of carbonyl (C=O) groups excluding carboxylic acids is 3. The van der Waals surface area contributed by atoms with Gasteiger partial charge in [-0.2, -0.15) is 5.10 Å². The molecule has 4 heterocycles. The van der Waals surface area contributed by atoms with Crippen LogP contribution in [0.3, 0.4) is 0 Å². The molecule has 0 bridgehead atoms. The molecule has 1 fully saturated rings. The molecule has 4 amide bonds. The number of nitrogens with one attached hydrogen (secondary N) is 3. The second-order valence-corrected chi connectivity index (χ2v) is 9.92. The topological polar surface area (TPSA) is 156 Å². The van der Waals surface area contributed by atoms with Crippen LogP contribution >= 0.6 is 0 Å². The molecule has 39 heavy (non-hydrogen) atoms. The first kappa shape index (κ1) is 26.3. The number of ether oxygens (including phenoxy) is 1. The molecular formula is C27H34N8O4. The highest BCUT2D eigenvalue weighted by atomic mass is 16.5. The molecule has 3 aromatic rings. The number of nitrogens with two attached hydrogens (primary N) is 1. The lowest BCUT2D eigenvalue weighted by Crippen LogP contribution is -2.44. The van der Waals surface area contributed by atoms with Gasteiger partial charge in [-0.15, -0.1) is 0 Å². The molecule has 12 heteroatoms. The predicted octanol–water partition coefficient (Wildman–Crippen LogP) is 2.54. The SMILES string of the molecule is CCn1ncc2c(NC3CCN(C(N)=O)CC3)c(CNC(=O)c3ccc(NC(C)=O)c4c3OCC4)c(C)nc21. The molecule has 0 saturated carbocycles. The molecule has 0 spiro atoms. The van der Waals surface area contributed by atoms with Crippen molar-refractivity contribution in [1.29, 1.82) is 0 Å². The molecule has 5 rings (SSSR count). The summed E-state index contributed by atoms with van der Waals surface area (Å²) in [4.78, 5) is 43.0. The fraction of sp³-hybridized carbons (Fsp3) is 0.444. The van der Waals surface area contributed by atoms with Crippen molar-refractivity contribution >= 4 is 40.3 Å². The van der Waals surface area contributed by atoms with Crippen LogP contribution in [0.25, 0.3) is 11.0 Å². The van der Waals surface area contributed by atoms with Crippen LogP contribution in [0.2, 0.25) is 0 Å². The number of pyridine rings is 1. The lowest BCUT2D eigenvalue weighted by molar-refractivity contribution is -0.114. The van der Waals surface area contributed by atoms with Crippen LogP contribution < -0.4 is 26.4 Å². The summed E-state index contributed by atoms with van der Waals surface area (Å²) in [5, 5.41) is 14.9. The zero-order valence-corrected chi connectivity index (χ0v) is 22.5. The standard InChI is InChI=1S/C27H34N8O4/c1-4-35-25-21(14-30-35)23(33-17-7-10-34(11-8-17)27(28)38)20(15(2)31-25)13-29-26(37)19-5-6-22(32-16(3)36)18-9-12-39-24(18)19/h5-6,14,17H,4,7-13H2,1-3H3,(H2,28,38)(H,29,37)(H,31,33)(H,32,36). The minimum absolute atomic E-state index is 0.128. The average Bonchev–Trinajstić information content (AvgIpc) is 3.56. The van der Waals surface area contributed by atoms with Crippen molar-refractivity contribution in [3.63, 3.8) is 0 Å². The Kier molecular flexibility index (Phi) is 7.27. The number of urea groups is 1. The van der Waals surface area contributed by atoms with E-state index in [0.717, 1.165) is 46.4 Å². The molecule has 12 nitrogen and oxygen atoms in total. The lowest BCUT2D eigenvalue weighted by atomic mass is 10.0. The number of carbonyl (C=O) groups is 3. The number of aryl methyl sites for hydroxylation is 2. The molecule has 206 valence electrons. The Morgan fingerprint density at radius 2 is 1.97 bits per heavy atom. The van der Waals surface area contributed by atoms with E-state index < -0.39 is 6.03 Å². The molecule has 0 unspecified atom stereocenters. The van der Waals surface area contributed by atoms with Gasteiger partial charge in [-0.25, -0.2) is 14.5 Å². The number of nitrogens with zero attached hydrogens (tertiary/aromatic N) is 4. The maximum atomic E-state index is 13.4. The summed E-state index contributed by atoms with van der Waals surface area (Å²) in [7, 11) is 0.